The first-order chi connectivity index (χ1) is 10.2. The molecule has 2 N–H and O–H groups in total. The van der Waals surface area contributed by atoms with E-state index >= 15 is 0 Å². The molecule has 0 radical (unpaired) electrons. The second kappa shape index (κ2) is 4.09. The Morgan fingerprint density at radius 2 is 1.57 bits per heavy atom. The predicted molar refractivity (Wildman–Crippen MR) is 80.7 cm³/mol. The second-order valence-corrected chi connectivity index (χ2v) is 5.25. The minimum atomic E-state index is -0.124. The van der Waals surface area contributed by atoms with Crippen LogP contribution in [-0.2, 0) is 6.42 Å². The monoisotopic (exact) mass is 276 g/mol. The van der Waals surface area contributed by atoms with Gasteiger partial charge in [0, 0.05) is 17.2 Å². The predicted octanol–water partition coefficient (Wildman–Crippen LogP) is 3.66. The minimum Gasteiger partial charge on any atom is -0.507 e. The molecule has 4 rings (SSSR count). The van der Waals surface area contributed by atoms with E-state index in [-0.39, 0.29) is 23.7 Å². The van der Waals surface area contributed by atoms with Crippen molar-refractivity contribution in [2.75, 3.05) is 0 Å². The summed E-state index contributed by atoms with van der Waals surface area (Å²) >= 11 is 0. The molecule has 0 aliphatic heterocycles. The van der Waals surface area contributed by atoms with Gasteiger partial charge in [-0.2, -0.15) is 0 Å². The van der Waals surface area contributed by atoms with Crippen LogP contribution in [0.4, 0.5) is 0 Å². The van der Waals surface area contributed by atoms with E-state index in [1.165, 1.54) is 0 Å². The smallest absolute Gasteiger partial charge is 0.171 e. The van der Waals surface area contributed by atoms with Crippen molar-refractivity contribution >= 4 is 16.6 Å². The van der Waals surface area contributed by atoms with Crippen molar-refractivity contribution in [3.05, 3.63) is 59.7 Å². The number of aromatic hydroxyl groups is 2. The molecule has 0 heterocycles. The molecule has 0 atom stereocenters. The summed E-state index contributed by atoms with van der Waals surface area (Å²) in [5.41, 5.74) is 2.20. The Balaban J connectivity index is 2.19. The molecule has 0 unspecified atom stereocenters. The zero-order valence-electron chi connectivity index (χ0n) is 11.1. The number of ketones is 1. The molecule has 0 saturated heterocycles. The van der Waals surface area contributed by atoms with Gasteiger partial charge in [-0.1, -0.05) is 48.5 Å². The van der Waals surface area contributed by atoms with Gasteiger partial charge in [0.15, 0.2) is 5.78 Å². The van der Waals surface area contributed by atoms with Gasteiger partial charge in [-0.25, -0.2) is 0 Å². The lowest BCUT2D eigenvalue weighted by Crippen LogP contribution is -1.96. The average Bonchev–Trinajstić information content (AvgIpc) is 2.83. The van der Waals surface area contributed by atoms with Gasteiger partial charge in [0.05, 0.1) is 11.1 Å². The summed E-state index contributed by atoms with van der Waals surface area (Å²) in [5.74, 6) is -0.203. The molecule has 1 aliphatic carbocycles. The zero-order valence-corrected chi connectivity index (χ0v) is 11.1. The van der Waals surface area contributed by atoms with Crippen LogP contribution in [-0.4, -0.2) is 16.0 Å². The fourth-order valence-electron chi connectivity index (χ4n) is 3.14. The Kier molecular flexibility index (Phi) is 2.33. The average molecular weight is 276 g/mol. The molecular weight excluding hydrogens is 264 g/mol. The molecule has 1 aliphatic rings. The largest absolute Gasteiger partial charge is 0.507 e. The van der Waals surface area contributed by atoms with Gasteiger partial charge >= 0.3 is 0 Å². The topological polar surface area (TPSA) is 57.5 Å². The van der Waals surface area contributed by atoms with Crippen molar-refractivity contribution < 1.29 is 15.0 Å². The van der Waals surface area contributed by atoms with Crippen LogP contribution >= 0.6 is 0 Å². The number of hydrogen-bond acceptors (Lipinski definition) is 3. The molecule has 0 amide bonds. The SMILES string of the molecule is O=C1Cc2cccc3c(O)c(-c4ccccc4)c(O)c1c23. The Bertz CT molecular complexity index is 895. The summed E-state index contributed by atoms with van der Waals surface area (Å²) in [6.07, 6.45) is 0.276. The van der Waals surface area contributed by atoms with E-state index < -0.39 is 0 Å². The third-order valence-corrected chi connectivity index (χ3v) is 4.06. The number of phenolic OH excluding ortho intramolecular Hbond substituents is 2. The Morgan fingerprint density at radius 3 is 2.33 bits per heavy atom. The molecule has 0 bridgehead atoms. The maximum absolute atomic E-state index is 12.2. The molecule has 0 fully saturated rings. The van der Waals surface area contributed by atoms with Crippen molar-refractivity contribution in [2.45, 2.75) is 6.42 Å². The maximum atomic E-state index is 12.2. The Morgan fingerprint density at radius 1 is 0.810 bits per heavy atom. The molecule has 0 aromatic heterocycles. The maximum Gasteiger partial charge on any atom is 0.171 e. The number of carbonyl (C=O) groups excluding carboxylic acids is 1. The van der Waals surface area contributed by atoms with Crippen molar-refractivity contribution in [1.29, 1.82) is 0 Å². The molecule has 102 valence electrons. The van der Waals surface area contributed by atoms with E-state index in [4.69, 9.17) is 0 Å². The van der Waals surface area contributed by atoms with Gasteiger partial charge in [-0.15, -0.1) is 0 Å². The first kappa shape index (κ1) is 12.0. The summed E-state index contributed by atoms with van der Waals surface area (Å²) in [4.78, 5) is 12.2. The summed E-state index contributed by atoms with van der Waals surface area (Å²) in [6, 6.07) is 14.6. The van der Waals surface area contributed by atoms with Gasteiger partial charge in [-0.3, -0.25) is 4.79 Å². The number of rotatable bonds is 1. The van der Waals surface area contributed by atoms with Gasteiger partial charge in [0.2, 0.25) is 0 Å². The van der Waals surface area contributed by atoms with Crippen LogP contribution in [0.15, 0.2) is 48.5 Å². The highest BCUT2D eigenvalue weighted by molar-refractivity contribution is 6.21. The molecular formula is C18H12O3. The standard InChI is InChI=1S/C18H12O3/c19-13-9-11-7-4-8-12-14(11)16(13)18(21)15(17(12)20)10-5-2-1-3-6-10/h1-8,20-21H,9H2. The molecule has 3 aromatic carbocycles. The van der Waals surface area contributed by atoms with Crippen molar-refractivity contribution in [2.24, 2.45) is 0 Å². The summed E-state index contributed by atoms with van der Waals surface area (Å²) < 4.78 is 0. The fraction of sp³-hybridized carbons (Fsp3) is 0.0556. The lowest BCUT2D eigenvalue weighted by molar-refractivity contribution is 0.0997. The minimum absolute atomic E-state index is 0.0222. The first-order valence-corrected chi connectivity index (χ1v) is 6.76. The highest BCUT2D eigenvalue weighted by atomic mass is 16.3. The normalized spacial score (nSPS) is 13.0. The zero-order chi connectivity index (χ0) is 14.6. The van der Waals surface area contributed by atoms with Crippen molar-refractivity contribution in [1.82, 2.24) is 0 Å². The molecule has 0 saturated carbocycles. The fourth-order valence-corrected chi connectivity index (χ4v) is 3.14. The van der Waals surface area contributed by atoms with E-state index in [1.54, 1.807) is 18.2 Å². The lowest BCUT2D eigenvalue weighted by atomic mass is 9.94. The quantitative estimate of drug-likeness (QED) is 0.713. The van der Waals surface area contributed by atoms with E-state index in [9.17, 15) is 15.0 Å². The van der Waals surface area contributed by atoms with E-state index in [1.807, 2.05) is 30.3 Å². The van der Waals surface area contributed by atoms with Crippen LogP contribution < -0.4 is 0 Å². The third kappa shape index (κ3) is 1.51. The number of phenols is 2. The molecule has 0 spiro atoms. The van der Waals surface area contributed by atoms with Gasteiger partial charge in [0.1, 0.15) is 11.5 Å². The van der Waals surface area contributed by atoms with E-state index in [0.29, 0.717) is 27.5 Å². The number of carbonyl (C=O) groups is 1. The second-order valence-electron chi connectivity index (χ2n) is 5.25. The summed E-state index contributed by atoms with van der Waals surface area (Å²) in [6.45, 7) is 0. The number of hydrogen-bond donors (Lipinski definition) is 2. The highest BCUT2D eigenvalue weighted by Gasteiger charge is 2.30. The van der Waals surface area contributed by atoms with Crippen LogP contribution in [0.1, 0.15) is 15.9 Å². The number of Topliss-reactive ketones (excluding diaryl/α,β-unsaturated/α-hetero) is 1. The number of benzene rings is 3. The Labute approximate surface area is 121 Å². The molecule has 3 heteroatoms. The highest BCUT2D eigenvalue weighted by Crippen LogP contribution is 2.48. The van der Waals surface area contributed by atoms with E-state index in [2.05, 4.69) is 0 Å². The third-order valence-electron chi connectivity index (χ3n) is 4.06. The summed E-state index contributed by atoms with van der Waals surface area (Å²) in [7, 11) is 0. The van der Waals surface area contributed by atoms with Crippen LogP contribution in [0.2, 0.25) is 0 Å². The van der Waals surface area contributed by atoms with Crippen LogP contribution in [0, 0.1) is 0 Å². The van der Waals surface area contributed by atoms with Gasteiger partial charge < -0.3 is 10.2 Å². The van der Waals surface area contributed by atoms with Crippen molar-refractivity contribution in [3.63, 3.8) is 0 Å². The van der Waals surface area contributed by atoms with Crippen LogP contribution in [0.5, 0.6) is 11.5 Å². The molecule has 3 aromatic rings. The molecule has 3 nitrogen and oxygen atoms in total. The van der Waals surface area contributed by atoms with Crippen LogP contribution in [0.3, 0.4) is 0 Å². The Hall–Kier alpha value is -2.81. The van der Waals surface area contributed by atoms with Gasteiger partial charge in [0.25, 0.3) is 0 Å². The van der Waals surface area contributed by atoms with E-state index in [0.717, 1.165) is 5.56 Å². The molecule has 21 heavy (non-hydrogen) atoms. The summed E-state index contributed by atoms with van der Waals surface area (Å²) in [5, 5.41) is 22.4. The lowest BCUT2D eigenvalue weighted by Gasteiger charge is -2.13. The van der Waals surface area contributed by atoms with Crippen molar-refractivity contribution in [3.8, 4) is 22.6 Å². The first-order valence-electron chi connectivity index (χ1n) is 6.76. The van der Waals surface area contributed by atoms with Gasteiger partial charge in [-0.05, 0) is 11.1 Å². The van der Waals surface area contributed by atoms with Crippen LogP contribution in [0.25, 0.3) is 21.9 Å².